The summed E-state index contributed by atoms with van der Waals surface area (Å²) in [5.74, 6) is -0.0655. The van der Waals surface area contributed by atoms with Gasteiger partial charge < -0.3 is 19.5 Å². The van der Waals surface area contributed by atoms with Gasteiger partial charge in [0.2, 0.25) is 0 Å². The van der Waals surface area contributed by atoms with Crippen LogP contribution in [0.1, 0.15) is 24.2 Å². The minimum atomic E-state index is -0.866. The van der Waals surface area contributed by atoms with Crippen LogP contribution in [0.25, 0.3) is 0 Å². The molecule has 0 spiro atoms. The number of amides is 1. The Morgan fingerprint density at radius 2 is 1.95 bits per heavy atom. The van der Waals surface area contributed by atoms with E-state index in [4.69, 9.17) is 14.2 Å². The quantitative estimate of drug-likeness (QED) is 0.797. The van der Waals surface area contributed by atoms with Crippen molar-refractivity contribution in [2.24, 2.45) is 0 Å². The molecule has 1 amide bonds. The number of benzene rings is 1. The van der Waals surface area contributed by atoms with E-state index >= 15 is 0 Å². The molecule has 0 aliphatic rings. The number of hydrogen-bond acceptors (Lipinski definition) is 5. The fraction of sp³-hybridized carbons (Fsp3) is 0.429. The van der Waals surface area contributed by atoms with Gasteiger partial charge in [0.05, 0.1) is 14.2 Å². The highest BCUT2D eigenvalue weighted by Gasteiger charge is 2.21. The molecule has 0 saturated heterocycles. The summed E-state index contributed by atoms with van der Waals surface area (Å²) in [5.41, 5.74) is 0.240. The predicted octanol–water partition coefficient (Wildman–Crippen LogP) is 1.39. The van der Waals surface area contributed by atoms with E-state index in [-0.39, 0.29) is 11.5 Å². The molecule has 1 N–H and O–H groups in total. The molecule has 0 aromatic heterocycles. The maximum absolute atomic E-state index is 12.0. The summed E-state index contributed by atoms with van der Waals surface area (Å²) >= 11 is 0. The summed E-state index contributed by atoms with van der Waals surface area (Å²) in [7, 11) is 2.96. The molecule has 0 aliphatic carbocycles. The Hall–Kier alpha value is -2.24. The number of rotatable bonds is 6. The maximum atomic E-state index is 12.0. The molecule has 0 heterocycles. The average molecular weight is 281 g/mol. The highest BCUT2D eigenvalue weighted by atomic mass is 16.5. The third-order valence-corrected chi connectivity index (χ3v) is 2.63. The Morgan fingerprint density at radius 1 is 1.25 bits per heavy atom. The van der Waals surface area contributed by atoms with E-state index in [0.717, 1.165) is 0 Å². The van der Waals surface area contributed by atoms with Crippen LogP contribution in [0.2, 0.25) is 0 Å². The molecule has 20 heavy (non-hydrogen) atoms. The van der Waals surface area contributed by atoms with Gasteiger partial charge in [0.25, 0.3) is 5.91 Å². The second-order valence-corrected chi connectivity index (χ2v) is 4.01. The zero-order valence-electron chi connectivity index (χ0n) is 12.1. The first-order valence-electron chi connectivity index (χ1n) is 6.24. The second kappa shape index (κ2) is 7.37. The number of carbonyl (C=O) groups excluding carboxylic acids is 2. The molecule has 0 saturated carbocycles. The molecule has 0 fully saturated rings. The molecular weight excluding hydrogens is 262 g/mol. The summed E-state index contributed by atoms with van der Waals surface area (Å²) in [6.45, 7) is 3.78. The van der Waals surface area contributed by atoms with Gasteiger partial charge in [0.15, 0.2) is 6.10 Å². The Bertz CT molecular complexity index is 486. The summed E-state index contributed by atoms with van der Waals surface area (Å²) in [4.78, 5) is 23.5. The molecule has 0 bridgehead atoms. The van der Waals surface area contributed by atoms with Gasteiger partial charge in [-0.3, -0.25) is 4.79 Å². The van der Waals surface area contributed by atoms with Gasteiger partial charge in [0, 0.05) is 12.6 Å². The van der Waals surface area contributed by atoms with E-state index in [1.165, 1.54) is 27.2 Å². The highest BCUT2D eigenvalue weighted by molar-refractivity contribution is 5.94. The molecule has 0 radical (unpaired) electrons. The van der Waals surface area contributed by atoms with Gasteiger partial charge in [-0.25, -0.2) is 4.79 Å². The first-order chi connectivity index (χ1) is 9.53. The number of hydrogen-bond donors (Lipinski definition) is 1. The number of nitrogens with one attached hydrogen (secondary N) is 1. The first-order valence-corrected chi connectivity index (χ1v) is 6.24. The summed E-state index contributed by atoms with van der Waals surface area (Å²) < 4.78 is 15.3. The number of likely N-dealkylation sites (N-methyl/N-ethyl adjacent to an activating group) is 1. The fourth-order valence-corrected chi connectivity index (χ4v) is 1.56. The Labute approximate surface area is 118 Å². The van der Waals surface area contributed by atoms with Gasteiger partial charge in [-0.05, 0) is 26.0 Å². The molecule has 110 valence electrons. The van der Waals surface area contributed by atoms with Crippen molar-refractivity contribution in [2.75, 3.05) is 20.8 Å². The van der Waals surface area contributed by atoms with Crippen LogP contribution in [-0.2, 0) is 9.53 Å². The molecule has 6 heteroatoms. The lowest BCUT2D eigenvalue weighted by atomic mass is 10.2. The van der Waals surface area contributed by atoms with Crippen LogP contribution in [-0.4, -0.2) is 38.7 Å². The van der Waals surface area contributed by atoms with Crippen LogP contribution in [0.3, 0.4) is 0 Å². The van der Waals surface area contributed by atoms with Crippen molar-refractivity contribution in [1.82, 2.24) is 5.32 Å². The van der Waals surface area contributed by atoms with Crippen LogP contribution in [0.5, 0.6) is 11.5 Å². The monoisotopic (exact) mass is 281 g/mol. The second-order valence-electron chi connectivity index (χ2n) is 4.01. The number of methoxy groups -OCH3 is 2. The standard InChI is InChI=1S/C14H19NO5/c1-5-15-13(16)9(2)20-14(17)11-7-6-10(18-3)8-12(11)19-4/h6-9H,5H2,1-4H3,(H,15,16)/t9-/m1/s1. The molecule has 6 nitrogen and oxygen atoms in total. The number of carbonyl (C=O) groups is 2. The van der Waals surface area contributed by atoms with Crippen molar-refractivity contribution >= 4 is 11.9 Å². The highest BCUT2D eigenvalue weighted by Crippen LogP contribution is 2.25. The van der Waals surface area contributed by atoms with E-state index in [1.54, 1.807) is 19.1 Å². The van der Waals surface area contributed by atoms with E-state index < -0.39 is 12.1 Å². The van der Waals surface area contributed by atoms with E-state index in [1.807, 2.05) is 0 Å². The number of ether oxygens (including phenoxy) is 3. The van der Waals surface area contributed by atoms with Crippen molar-refractivity contribution < 1.29 is 23.8 Å². The molecule has 1 aromatic rings. The third kappa shape index (κ3) is 3.88. The topological polar surface area (TPSA) is 73.9 Å². The maximum Gasteiger partial charge on any atom is 0.342 e. The number of esters is 1. The van der Waals surface area contributed by atoms with E-state index in [2.05, 4.69) is 5.32 Å². The molecule has 1 rings (SSSR count). The molecule has 0 unspecified atom stereocenters. The zero-order valence-corrected chi connectivity index (χ0v) is 12.1. The van der Waals surface area contributed by atoms with Gasteiger partial charge in [0.1, 0.15) is 17.1 Å². The molecule has 0 aliphatic heterocycles. The summed E-state index contributed by atoms with van der Waals surface area (Å²) in [5, 5.41) is 2.58. The lowest BCUT2D eigenvalue weighted by Gasteiger charge is -2.14. The van der Waals surface area contributed by atoms with Gasteiger partial charge in [-0.2, -0.15) is 0 Å². The SMILES string of the molecule is CCNC(=O)[C@@H](C)OC(=O)c1ccc(OC)cc1OC. The zero-order chi connectivity index (χ0) is 15.1. The van der Waals surface area contributed by atoms with Crippen LogP contribution in [0.15, 0.2) is 18.2 Å². The van der Waals surface area contributed by atoms with Crippen LogP contribution >= 0.6 is 0 Å². The van der Waals surface area contributed by atoms with Crippen LogP contribution in [0.4, 0.5) is 0 Å². The predicted molar refractivity (Wildman–Crippen MR) is 73.1 cm³/mol. The lowest BCUT2D eigenvalue weighted by molar-refractivity contribution is -0.128. The first kappa shape index (κ1) is 15.8. The smallest absolute Gasteiger partial charge is 0.342 e. The normalized spacial score (nSPS) is 11.4. The molecule has 1 atom stereocenters. The van der Waals surface area contributed by atoms with Crippen molar-refractivity contribution in [2.45, 2.75) is 20.0 Å². The summed E-state index contributed by atoms with van der Waals surface area (Å²) in [6.07, 6.45) is -0.866. The van der Waals surface area contributed by atoms with Crippen molar-refractivity contribution in [1.29, 1.82) is 0 Å². The summed E-state index contributed by atoms with van der Waals surface area (Å²) in [6, 6.07) is 4.73. The van der Waals surface area contributed by atoms with Crippen LogP contribution < -0.4 is 14.8 Å². The van der Waals surface area contributed by atoms with E-state index in [9.17, 15) is 9.59 Å². The van der Waals surface area contributed by atoms with Crippen molar-refractivity contribution in [3.8, 4) is 11.5 Å². The Morgan fingerprint density at radius 3 is 2.50 bits per heavy atom. The molecular formula is C14H19NO5. The van der Waals surface area contributed by atoms with Crippen LogP contribution in [0, 0.1) is 0 Å². The largest absolute Gasteiger partial charge is 0.497 e. The Kier molecular flexibility index (Phi) is 5.83. The average Bonchev–Trinajstić information content (AvgIpc) is 2.46. The Balaban J connectivity index is 2.84. The molecule has 1 aromatic carbocycles. The van der Waals surface area contributed by atoms with E-state index in [0.29, 0.717) is 18.0 Å². The van der Waals surface area contributed by atoms with Crippen molar-refractivity contribution in [3.05, 3.63) is 23.8 Å². The van der Waals surface area contributed by atoms with Gasteiger partial charge >= 0.3 is 5.97 Å². The van der Waals surface area contributed by atoms with Gasteiger partial charge in [-0.1, -0.05) is 0 Å². The lowest BCUT2D eigenvalue weighted by Crippen LogP contribution is -2.35. The fourth-order valence-electron chi connectivity index (χ4n) is 1.56. The third-order valence-electron chi connectivity index (χ3n) is 2.63. The van der Waals surface area contributed by atoms with Gasteiger partial charge in [-0.15, -0.1) is 0 Å². The minimum absolute atomic E-state index is 0.240. The van der Waals surface area contributed by atoms with Crippen molar-refractivity contribution in [3.63, 3.8) is 0 Å². The minimum Gasteiger partial charge on any atom is -0.497 e.